The molecule has 3 nitrogen and oxygen atoms in total. The van der Waals surface area contributed by atoms with E-state index in [0.29, 0.717) is 5.89 Å². The first-order chi connectivity index (χ1) is 17.3. The maximum absolute atomic E-state index is 6.24. The number of aromatic nitrogens is 2. The maximum atomic E-state index is 6.24. The molecular weight excluding hydrogens is 448 g/mol. The summed E-state index contributed by atoms with van der Waals surface area (Å²) in [5, 5.41) is 4.94. The zero-order valence-corrected chi connectivity index (χ0v) is 19.4. The fourth-order valence-corrected chi connectivity index (χ4v) is 6.39. The van der Waals surface area contributed by atoms with Crippen LogP contribution in [0.4, 0.5) is 0 Å². The van der Waals surface area contributed by atoms with Gasteiger partial charge < -0.3 is 8.98 Å². The molecule has 0 bridgehead atoms. The van der Waals surface area contributed by atoms with Crippen molar-refractivity contribution in [1.82, 2.24) is 9.55 Å². The average Bonchev–Trinajstić information content (AvgIpc) is 3.60. The minimum absolute atomic E-state index is 0.650. The summed E-state index contributed by atoms with van der Waals surface area (Å²) in [4.78, 5) is 4.96. The number of thiophene rings is 1. The van der Waals surface area contributed by atoms with Crippen LogP contribution in [-0.2, 0) is 0 Å². The third kappa shape index (κ3) is 2.69. The summed E-state index contributed by atoms with van der Waals surface area (Å²) in [5.74, 6) is 0.650. The Morgan fingerprint density at radius 2 is 1.26 bits per heavy atom. The van der Waals surface area contributed by atoms with E-state index >= 15 is 0 Å². The number of hydrogen-bond donors (Lipinski definition) is 0. The molecule has 0 aliphatic carbocycles. The van der Waals surface area contributed by atoms with E-state index < -0.39 is 0 Å². The molecule has 0 saturated heterocycles. The quantitative estimate of drug-likeness (QED) is 0.255. The molecule has 0 amide bonds. The van der Waals surface area contributed by atoms with Crippen LogP contribution in [0, 0.1) is 0 Å². The van der Waals surface area contributed by atoms with Crippen LogP contribution in [0.1, 0.15) is 0 Å². The summed E-state index contributed by atoms with van der Waals surface area (Å²) in [7, 11) is 0. The second kappa shape index (κ2) is 7.05. The summed E-state index contributed by atoms with van der Waals surface area (Å²) in [6, 6.07) is 38.3. The molecular formula is C31H18N2OS. The van der Waals surface area contributed by atoms with Gasteiger partial charge in [0.15, 0.2) is 5.58 Å². The number of para-hydroxylation sites is 2. The Bertz CT molecular complexity index is 2000. The lowest BCUT2D eigenvalue weighted by Crippen LogP contribution is -1.93. The van der Waals surface area contributed by atoms with Crippen LogP contribution in [0.2, 0.25) is 0 Å². The number of benzene rings is 5. The van der Waals surface area contributed by atoms with Crippen molar-refractivity contribution >= 4 is 64.4 Å². The van der Waals surface area contributed by atoms with Crippen LogP contribution in [0.15, 0.2) is 114 Å². The van der Waals surface area contributed by atoms with Gasteiger partial charge in [-0.05, 0) is 54.6 Å². The number of oxazole rings is 1. The van der Waals surface area contributed by atoms with Gasteiger partial charge in [0.05, 0.1) is 11.0 Å². The Kier molecular flexibility index (Phi) is 3.82. The van der Waals surface area contributed by atoms with Gasteiger partial charge in [-0.25, -0.2) is 4.98 Å². The highest BCUT2D eigenvalue weighted by molar-refractivity contribution is 7.26. The first kappa shape index (κ1) is 19.0. The van der Waals surface area contributed by atoms with E-state index in [2.05, 4.69) is 108 Å². The first-order valence-corrected chi connectivity index (χ1v) is 12.5. The van der Waals surface area contributed by atoms with E-state index in [4.69, 9.17) is 9.40 Å². The van der Waals surface area contributed by atoms with E-state index in [0.717, 1.165) is 22.4 Å². The number of rotatable bonds is 2. The van der Waals surface area contributed by atoms with Crippen molar-refractivity contribution in [3.8, 4) is 17.1 Å². The summed E-state index contributed by atoms with van der Waals surface area (Å²) in [5.41, 5.74) is 6.25. The number of fused-ring (bicyclic) bond motifs is 8. The lowest BCUT2D eigenvalue weighted by atomic mass is 10.1. The number of nitrogens with zero attached hydrogens (tertiary/aromatic N) is 2. The predicted octanol–water partition coefficient (Wildman–Crippen LogP) is 8.96. The topological polar surface area (TPSA) is 31.0 Å². The highest BCUT2D eigenvalue weighted by atomic mass is 32.1. The lowest BCUT2D eigenvalue weighted by Gasteiger charge is -2.08. The molecule has 8 rings (SSSR count). The van der Waals surface area contributed by atoms with E-state index in [1.165, 1.54) is 42.0 Å². The Morgan fingerprint density at radius 1 is 0.600 bits per heavy atom. The highest BCUT2D eigenvalue weighted by Crippen LogP contribution is 2.39. The fraction of sp³-hybridized carbons (Fsp3) is 0. The van der Waals surface area contributed by atoms with Gasteiger partial charge in [0.2, 0.25) is 5.89 Å². The Balaban J connectivity index is 1.29. The Hall–Kier alpha value is -4.41. The average molecular weight is 467 g/mol. The van der Waals surface area contributed by atoms with Gasteiger partial charge in [-0.1, -0.05) is 54.6 Å². The van der Waals surface area contributed by atoms with Crippen molar-refractivity contribution in [3.05, 3.63) is 109 Å². The van der Waals surface area contributed by atoms with Crippen molar-refractivity contribution in [1.29, 1.82) is 0 Å². The molecule has 4 heteroatoms. The molecule has 0 saturated carbocycles. The van der Waals surface area contributed by atoms with E-state index in [1.54, 1.807) is 11.3 Å². The predicted molar refractivity (Wildman–Crippen MR) is 147 cm³/mol. The zero-order chi connectivity index (χ0) is 22.9. The molecule has 35 heavy (non-hydrogen) atoms. The third-order valence-corrected chi connectivity index (χ3v) is 7.99. The molecule has 0 aliphatic rings. The monoisotopic (exact) mass is 466 g/mol. The second-order valence-electron chi connectivity index (χ2n) is 8.82. The van der Waals surface area contributed by atoms with Crippen LogP contribution in [0.5, 0.6) is 0 Å². The molecule has 3 heterocycles. The minimum atomic E-state index is 0.650. The van der Waals surface area contributed by atoms with Gasteiger partial charge in [0, 0.05) is 42.2 Å². The molecule has 0 aliphatic heterocycles. The van der Waals surface area contributed by atoms with Gasteiger partial charge in [-0.15, -0.1) is 11.3 Å². The van der Waals surface area contributed by atoms with Crippen LogP contribution < -0.4 is 0 Å². The summed E-state index contributed by atoms with van der Waals surface area (Å²) in [6.07, 6.45) is 0. The fourth-order valence-electron chi connectivity index (χ4n) is 5.28. The number of hydrogen-bond acceptors (Lipinski definition) is 3. The van der Waals surface area contributed by atoms with Gasteiger partial charge in [0.25, 0.3) is 0 Å². The first-order valence-electron chi connectivity index (χ1n) is 11.6. The normalized spacial score (nSPS) is 12.0. The van der Waals surface area contributed by atoms with E-state index in [9.17, 15) is 0 Å². The van der Waals surface area contributed by atoms with Crippen molar-refractivity contribution in [3.63, 3.8) is 0 Å². The molecule has 5 aromatic carbocycles. The van der Waals surface area contributed by atoms with Crippen molar-refractivity contribution in [2.45, 2.75) is 0 Å². The van der Waals surface area contributed by atoms with Crippen molar-refractivity contribution in [2.24, 2.45) is 0 Å². The zero-order valence-electron chi connectivity index (χ0n) is 18.6. The molecule has 3 aromatic heterocycles. The molecule has 8 aromatic rings. The molecule has 164 valence electrons. The van der Waals surface area contributed by atoms with Crippen LogP contribution in [0.3, 0.4) is 0 Å². The summed E-state index contributed by atoms with van der Waals surface area (Å²) >= 11 is 1.80. The third-order valence-electron chi connectivity index (χ3n) is 6.85. The van der Waals surface area contributed by atoms with E-state index in [1.807, 2.05) is 6.07 Å². The minimum Gasteiger partial charge on any atom is -0.436 e. The van der Waals surface area contributed by atoms with Gasteiger partial charge in [-0.2, -0.15) is 0 Å². The van der Waals surface area contributed by atoms with Crippen LogP contribution >= 0.6 is 11.3 Å². The summed E-state index contributed by atoms with van der Waals surface area (Å²) < 4.78 is 11.1. The smallest absolute Gasteiger partial charge is 0.227 e. The molecule has 0 N–H and O–H groups in total. The van der Waals surface area contributed by atoms with Crippen molar-refractivity contribution in [2.75, 3.05) is 0 Å². The highest BCUT2D eigenvalue weighted by Gasteiger charge is 2.16. The maximum Gasteiger partial charge on any atom is 0.227 e. The van der Waals surface area contributed by atoms with Gasteiger partial charge in [-0.3, -0.25) is 0 Å². The van der Waals surface area contributed by atoms with Gasteiger partial charge in [0.1, 0.15) is 5.52 Å². The van der Waals surface area contributed by atoms with Gasteiger partial charge >= 0.3 is 0 Å². The standard InChI is InChI=1S/C31H18N2OS/c1-4-10-24-21(7-1)22-8-2-5-11-25(22)33(24)20-15-13-19(14-16-20)31-32-30-26(34-31)17-18-28-29(30)23-9-3-6-12-27(23)35-28/h1-18H. The molecule has 0 unspecified atom stereocenters. The Labute approximate surface area is 204 Å². The SMILES string of the molecule is c1ccc2c(c1)sc1ccc3oc(-c4ccc(-n5c6ccccc6c6ccccc65)cc4)nc3c12. The Morgan fingerprint density at radius 3 is 2.00 bits per heavy atom. The second-order valence-corrected chi connectivity index (χ2v) is 9.90. The van der Waals surface area contributed by atoms with Crippen molar-refractivity contribution < 1.29 is 4.42 Å². The molecule has 0 spiro atoms. The largest absolute Gasteiger partial charge is 0.436 e. The summed E-state index contributed by atoms with van der Waals surface area (Å²) in [6.45, 7) is 0. The molecule has 0 atom stereocenters. The molecule has 0 radical (unpaired) electrons. The van der Waals surface area contributed by atoms with Crippen LogP contribution in [0.25, 0.3) is 70.2 Å². The van der Waals surface area contributed by atoms with E-state index in [-0.39, 0.29) is 0 Å². The molecule has 0 fully saturated rings. The lowest BCUT2D eigenvalue weighted by molar-refractivity contribution is 0.620. The van der Waals surface area contributed by atoms with Crippen LogP contribution in [-0.4, -0.2) is 9.55 Å².